The third-order valence-electron chi connectivity index (χ3n) is 6.42. The molecule has 3 aromatic carbocycles. The maximum Gasteiger partial charge on any atom is 0.242 e. The van der Waals surface area contributed by atoms with E-state index in [0.717, 1.165) is 28.7 Å². The van der Waals surface area contributed by atoms with E-state index in [1.807, 2.05) is 88.4 Å². The van der Waals surface area contributed by atoms with Crippen molar-refractivity contribution in [3.63, 3.8) is 0 Å². The van der Waals surface area contributed by atoms with Crippen LogP contribution in [0.3, 0.4) is 0 Å². The highest BCUT2D eigenvalue weighted by Crippen LogP contribution is 2.29. The van der Waals surface area contributed by atoms with Crippen LogP contribution < -0.4 is 5.32 Å². The Morgan fingerprint density at radius 3 is 1.85 bits per heavy atom. The van der Waals surface area contributed by atoms with E-state index in [1.165, 1.54) is 0 Å². The fourth-order valence-electron chi connectivity index (χ4n) is 4.03. The first-order valence-corrected chi connectivity index (χ1v) is 12.1. The molecule has 0 unspecified atom stereocenters. The molecular formula is C30H36N2O2. The maximum atomic E-state index is 13.8. The number of hydrogen-bond donors (Lipinski definition) is 1. The average Bonchev–Trinajstić information content (AvgIpc) is 2.87. The molecule has 4 nitrogen and oxygen atoms in total. The second kappa shape index (κ2) is 12.2. The van der Waals surface area contributed by atoms with Crippen molar-refractivity contribution in [1.29, 1.82) is 0 Å². The lowest BCUT2D eigenvalue weighted by molar-refractivity contribution is -0.141. The maximum absolute atomic E-state index is 13.8. The quantitative estimate of drug-likeness (QED) is 0.416. The molecule has 34 heavy (non-hydrogen) atoms. The van der Waals surface area contributed by atoms with Crippen LogP contribution in [0.1, 0.15) is 61.8 Å². The Morgan fingerprint density at radius 1 is 0.824 bits per heavy atom. The van der Waals surface area contributed by atoms with E-state index in [9.17, 15) is 9.59 Å². The second-order valence-electron chi connectivity index (χ2n) is 9.08. The summed E-state index contributed by atoms with van der Waals surface area (Å²) in [5.74, 6) is -0.240. The van der Waals surface area contributed by atoms with Gasteiger partial charge in [-0.2, -0.15) is 0 Å². The van der Waals surface area contributed by atoms with Crippen LogP contribution in [0.25, 0.3) is 0 Å². The van der Waals surface area contributed by atoms with Gasteiger partial charge in [0, 0.05) is 24.9 Å². The lowest BCUT2D eigenvalue weighted by Crippen LogP contribution is -2.49. The van der Waals surface area contributed by atoms with Gasteiger partial charge in [0.2, 0.25) is 11.8 Å². The van der Waals surface area contributed by atoms with E-state index >= 15 is 0 Å². The van der Waals surface area contributed by atoms with Gasteiger partial charge < -0.3 is 10.2 Å². The first-order valence-electron chi connectivity index (χ1n) is 12.1. The lowest BCUT2D eigenvalue weighted by Gasteiger charge is -2.31. The van der Waals surface area contributed by atoms with Gasteiger partial charge in [-0.05, 0) is 43.9 Å². The number of benzene rings is 3. The van der Waals surface area contributed by atoms with Crippen LogP contribution in [0.2, 0.25) is 0 Å². The minimum Gasteiger partial charge on any atom is -0.352 e. The van der Waals surface area contributed by atoms with E-state index in [2.05, 4.69) is 29.6 Å². The van der Waals surface area contributed by atoms with E-state index in [0.29, 0.717) is 13.0 Å². The number of carbonyl (C=O) groups is 2. The van der Waals surface area contributed by atoms with Gasteiger partial charge in [-0.1, -0.05) is 97.4 Å². The molecule has 0 heterocycles. The number of nitrogens with zero attached hydrogens (tertiary/aromatic N) is 1. The van der Waals surface area contributed by atoms with E-state index in [4.69, 9.17) is 0 Å². The number of hydrogen-bond acceptors (Lipinski definition) is 2. The lowest BCUT2D eigenvalue weighted by atomic mass is 9.88. The third-order valence-corrected chi connectivity index (χ3v) is 6.42. The zero-order valence-corrected chi connectivity index (χ0v) is 20.7. The van der Waals surface area contributed by atoms with Gasteiger partial charge in [0.1, 0.15) is 6.04 Å². The molecule has 3 aromatic rings. The van der Waals surface area contributed by atoms with Gasteiger partial charge in [-0.15, -0.1) is 0 Å². The number of nitrogens with one attached hydrogen (secondary N) is 1. The van der Waals surface area contributed by atoms with Gasteiger partial charge >= 0.3 is 0 Å². The average molecular weight is 457 g/mol. The molecule has 0 fully saturated rings. The predicted molar refractivity (Wildman–Crippen MR) is 138 cm³/mol. The molecule has 1 N–H and O–H groups in total. The summed E-state index contributed by atoms with van der Waals surface area (Å²) >= 11 is 0. The molecule has 0 radical (unpaired) electrons. The zero-order chi connectivity index (χ0) is 24.5. The van der Waals surface area contributed by atoms with Crippen molar-refractivity contribution in [2.24, 2.45) is 0 Å². The van der Waals surface area contributed by atoms with Crippen LogP contribution in [0.4, 0.5) is 0 Å². The van der Waals surface area contributed by atoms with E-state index < -0.39 is 6.04 Å². The van der Waals surface area contributed by atoms with Crippen molar-refractivity contribution in [1.82, 2.24) is 10.2 Å². The minimum atomic E-state index is -0.574. The highest BCUT2D eigenvalue weighted by molar-refractivity contribution is 5.88. The Labute approximate surface area is 204 Å². The minimum absolute atomic E-state index is 0.0370. The molecule has 0 aliphatic carbocycles. The van der Waals surface area contributed by atoms with Crippen molar-refractivity contribution in [3.8, 4) is 0 Å². The fourth-order valence-corrected chi connectivity index (χ4v) is 4.03. The third kappa shape index (κ3) is 6.80. The molecule has 4 heteroatoms. The summed E-state index contributed by atoms with van der Waals surface area (Å²) in [5.41, 5.74) is 4.36. The molecule has 2 amide bonds. The molecule has 0 saturated carbocycles. The number of amides is 2. The van der Waals surface area contributed by atoms with Gasteiger partial charge in [-0.3, -0.25) is 9.59 Å². The zero-order valence-electron chi connectivity index (χ0n) is 20.7. The molecule has 2 atom stereocenters. The van der Waals surface area contributed by atoms with E-state index in [-0.39, 0.29) is 23.8 Å². The van der Waals surface area contributed by atoms with Crippen LogP contribution in [0.15, 0.2) is 84.9 Å². The van der Waals surface area contributed by atoms with Crippen molar-refractivity contribution >= 4 is 11.8 Å². The Balaban J connectivity index is 1.90. The van der Waals surface area contributed by atoms with Crippen molar-refractivity contribution < 1.29 is 9.59 Å². The summed E-state index contributed by atoms with van der Waals surface area (Å²) in [6, 6.07) is 27.9. The highest BCUT2D eigenvalue weighted by atomic mass is 16.2. The first-order chi connectivity index (χ1) is 16.4. The molecule has 0 bridgehead atoms. The highest BCUT2D eigenvalue weighted by Gasteiger charge is 2.29. The smallest absolute Gasteiger partial charge is 0.242 e. The summed E-state index contributed by atoms with van der Waals surface area (Å²) in [7, 11) is 0. The van der Waals surface area contributed by atoms with Crippen LogP contribution in [0, 0.1) is 6.92 Å². The SMILES string of the molecule is CC[C@H](C)NC(=O)[C@H](C)N(Cc1ccc(C)cc1)C(=O)CC(c1ccccc1)c1ccccc1. The van der Waals surface area contributed by atoms with Gasteiger partial charge in [0.15, 0.2) is 0 Å². The second-order valence-corrected chi connectivity index (χ2v) is 9.08. The molecule has 0 aliphatic heterocycles. The number of rotatable bonds is 10. The number of carbonyl (C=O) groups excluding carboxylic acids is 2. The largest absolute Gasteiger partial charge is 0.352 e. The normalized spacial score (nSPS) is 12.7. The standard InChI is InChI=1S/C30H36N2O2/c1-5-23(3)31-30(34)24(4)32(21-25-18-16-22(2)17-19-25)29(33)20-28(26-12-8-6-9-13-26)27-14-10-7-11-15-27/h6-19,23-24,28H,5,20-21H2,1-4H3,(H,31,34)/t23-,24-/m0/s1. The molecule has 178 valence electrons. The van der Waals surface area contributed by atoms with Crippen molar-refractivity contribution in [2.75, 3.05) is 0 Å². The van der Waals surface area contributed by atoms with Gasteiger partial charge in [-0.25, -0.2) is 0 Å². The summed E-state index contributed by atoms with van der Waals surface area (Å²) < 4.78 is 0. The Hall–Kier alpha value is -3.40. The topological polar surface area (TPSA) is 49.4 Å². The van der Waals surface area contributed by atoms with Crippen LogP contribution >= 0.6 is 0 Å². The number of aryl methyl sites for hydroxylation is 1. The van der Waals surface area contributed by atoms with Crippen molar-refractivity contribution in [3.05, 3.63) is 107 Å². The molecule has 3 rings (SSSR count). The van der Waals surface area contributed by atoms with Crippen LogP contribution in [-0.4, -0.2) is 28.8 Å². The Bertz CT molecular complexity index is 1010. The van der Waals surface area contributed by atoms with Crippen LogP contribution in [0.5, 0.6) is 0 Å². The summed E-state index contributed by atoms with van der Waals surface area (Å²) in [4.78, 5) is 28.6. The van der Waals surface area contributed by atoms with Crippen molar-refractivity contribution in [2.45, 2.75) is 65.1 Å². The fraction of sp³-hybridized carbons (Fsp3) is 0.333. The molecular weight excluding hydrogens is 420 g/mol. The molecule has 0 aliphatic rings. The predicted octanol–water partition coefficient (Wildman–Crippen LogP) is 5.85. The van der Waals surface area contributed by atoms with Crippen LogP contribution in [-0.2, 0) is 16.1 Å². The van der Waals surface area contributed by atoms with Gasteiger partial charge in [0.25, 0.3) is 0 Å². The summed E-state index contributed by atoms with van der Waals surface area (Å²) in [6.07, 6.45) is 1.13. The van der Waals surface area contributed by atoms with Gasteiger partial charge in [0.05, 0.1) is 0 Å². The summed E-state index contributed by atoms with van der Waals surface area (Å²) in [5, 5.41) is 3.04. The Morgan fingerprint density at radius 2 is 1.35 bits per heavy atom. The monoisotopic (exact) mass is 456 g/mol. The summed E-state index contributed by atoms with van der Waals surface area (Å²) in [6.45, 7) is 8.28. The first kappa shape index (κ1) is 25.2. The molecule has 0 aromatic heterocycles. The van der Waals surface area contributed by atoms with E-state index in [1.54, 1.807) is 4.90 Å². The Kier molecular flexibility index (Phi) is 9.03. The molecule has 0 spiro atoms. The molecule has 0 saturated heterocycles.